The molecule has 0 aliphatic rings. The summed E-state index contributed by atoms with van der Waals surface area (Å²) in [4.78, 5) is 13.0. The highest BCUT2D eigenvalue weighted by Crippen LogP contribution is 2.21. The van der Waals surface area contributed by atoms with Crippen molar-refractivity contribution in [3.05, 3.63) is 35.9 Å². The molecular weight excluding hydrogens is 282 g/mol. The van der Waals surface area contributed by atoms with Crippen LogP contribution in [0.4, 0.5) is 0 Å². The third kappa shape index (κ3) is 7.34. The Labute approximate surface area is 131 Å². The van der Waals surface area contributed by atoms with E-state index < -0.39 is 0 Å². The highest BCUT2D eigenvalue weighted by Gasteiger charge is 2.20. The monoisotopic (exact) mass is 307 g/mol. The van der Waals surface area contributed by atoms with Crippen molar-refractivity contribution in [1.29, 1.82) is 0 Å². The number of rotatable bonds is 7. The van der Waals surface area contributed by atoms with Gasteiger partial charge >= 0.3 is 0 Å². The summed E-state index contributed by atoms with van der Waals surface area (Å²) in [5.74, 6) is -0.109. The number of aliphatic hydroxyl groups is 1. The topological polar surface area (TPSA) is 49.3 Å². The average Bonchev–Trinajstić information content (AvgIpc) is 2.42. The van der Waals surface area contributed by atoms with Crippen molar-refractivity contribution in [2.24, 2.45) is 5.41 Å². The number of thioether (sulfide) groups is 1. The van der Waals surface area contributed by atoms with Gasteiger partial charge in [0.15, 0.2) is 0 Å². The zero-order valence-electron chi connectivity index (χ0n) is 13.2. The van der Waals surface area contributed by atoms with E-state index in [9.17, 15) is 9.90 Å². The highest BCUT2D eigenvalue weighted by atomic mass is 32.2. The molecule has 1 atom stereocenters. The van der Waals surface area contributed by atoms with E-state index in [1.807, 2.05) is 44.4 Å². The molecule has 1 aromatic rings. The second-order valence-corrected chi connectivity index (χ2v) is 6.92. The van der Waals surface area contributed by atoms with Crippen molar-refractivity contribution < 1.29 is 9.90 Å². The lowest BCUT2D eigenvalue weighted by molar-refractivity contribution is -0.117. The van der Waals surface area contributed by atoms with E-state index in [0.717, 1.165) is 5.56 Å². The lowest BCUT2D eigenvalue weighted by atomic mass is 9.87. The van der Waals surface area contributed by atoms with Crippen LogP contribution in [0.15, 0.2) is 35.2 Å². The van der Waals surface area contributed by atoms with Crippen LogP contribution in [-0.4, -0.2) is 29.9 Å². The van der Waals surface area contributed by atoms with Crippen molar-refractivity contribution in [3.8, 4) is 0 Å². The van der Waals surface area contributed by atoms with E-state index >= 15 is 0 Å². The zero-order chi connectivity index (χ0) is 15.9. The number of carbonyl (C=O) groups is 1. The molecule has 0 spiro atoms. The molecule has 1 rings (SSSR count). The fourth-order valence-corrected chi connectivity index (χ4v) is 2.55. The molecule has 1 aromatic carbocycles. The predicted octanol–water partition coefficient (Wildman–Crippen LogP) is 3.34. The Bertz CT molecular complexity index is 478. The number of aliphatic hydroxyl groups excluding tert-OH is 1. The molecule has 3 nitrogen and oxygen atoms in total. The van der Waals surface area contributed by atoms with Crippen LogP contribution < -0.4 is 5.32 Å². The molecule has 0 bridgehead atoms. The van der Waals surface area contributed by atoms with Gasteiger partial charge in [-0.05, 0) is 48.8 Å². The van der Waals surface area contributed by atoms with Gasteiger partial charge in [0.05, 0.1) is 6.10 Å². The molecule has 21 heavy (non-hydrogen) atoms. The number of hydrogen-bond acceptors (Lipinski definition) is 3. The Morgan fingerprint density at radius 3 is 2.52 bits per heavy atom. The van der Waals surface area contributed by atoms with E-state index in [-0.39, 0.29) is 17.4 Å². The molecule has 116 valence electrons. The number of hydrogen-bond donors (Lipinski definition) is 2. The summed E-state index contributed by atoms with van der Waals surface area (Å²) in [6, 6.07) is 8.06. The fraction of sp³-hybridized carbons (Fsp3) is 0.471. The van der Waals surface area contributed by atoms with Crippen LogP contribution in [0.2, 0.25) is 0 Å². The van der Waals surface area contributed by atoms with Crippen molar-refractivity contribution >= 4 is 23.7 Å². The Morgan fingerprint density at radius 1 is 1.38 bits per heavy atom. The van der Waals surface area contributed by atoms with Crippen molar-refractivity contribution in [2.45, 2.75) is 38.2 Å². The lowest BCUT2D eigenvalue weighted by Crippen LogP contribution is -2.34. The van der Waals surface area contributed by atoms with Gasteiger partial charge in [0.2, 0.25) is 5.91 Å². The first-order valence-electron chi connectivity index (χ1n) is 7.10. The SMILES string of the molecule is CSc1ccc(/C=C/C(=O)NCC(C)(C)CC(C)O)cc1. The highest BCUT2D eigenvalue weighted by molar-refractivity contribution is 7.98. The Balaban J connectivity index is 2.47. The second-order valence-electron chi connectivity index (χ2n) is 6.04. The van der Waals surface area contributed by atoms with Gasteiger partial charge in [-0.2, -0.15) is 0 Å². The number of amides is 1. The van der Waals surface area contributed by atoms with E-state index in [1.54, 1.807) is 30.8 Å². The number of carbonyl (C=O) groups excluding carboxylic acids is 1. The minimum absolute atomic E-state index is 0.109. The summed E-state index contributed by atoms with van der Waals surface area (Å²) >= 11 is 1.69. The van der Waals surface area contributed by atoms with Crippen molar-refractivity contribution in [2.75, 3.05) is 12.8 Å². The van der Waals surface area contributed by atoms with Crippen LogP contribution in [0.3, 0.4) is 0 Å². The quantitative estimate of drug-likeness (QED) is 0.600. The van der Waals surface area contributed by atoms with Crippen LogP contribution in [0.25, 0.3) is 6.08 Å². The molecule has 0 aliphatic heterocycles. The molecule has 1 amide bonds. The van der Waals surface area contributed by atoms with Gasteiger partial charge in [-0.25, -0.2) is 0 Å². The molecule has 0 saturated heterocycles. The first-order chi connectivity index (χ1) is 9.82. The molecular formula is C17H25NO2S. The maximum absolute atomic E-state index is 11.8. The summed E-state index contributed by atoms with van der Waals surface area (Å²) in [6.07, 6.45) is 5.69. The summed E-state index contributed by atoms with van der Waals surface area (Å²) in [5.41, 5.74) is 0.892. The maximum atomic E-state index is 11.8. The van der Waals surface area contributed by atoms with Gasteiger partial charge in [0.25, 0.3) is 0 Å². The normalized spacial score (nSPS) is 13.4. The number of nitrogens with one attached hydrogen (secondary N) is 1. The Kier molecular flexibility index (Phi) is 6.99. The summed E-state index contributed by atoms with van der Waals surface area (Å²) < 4.78 is 0. The van der Waals surface area contributed by atoms with Crippen LogP contribution in [0, 0.1) is 5.41 Å². The Hall–Kier alpha value is -1.26. The summed E-state index contributed by atoms with van der Waals surface area (Å²) in [5, 5.41) is 12.3. The smallest absolute Gasteiger partial charge is 0.244 e. The third-order valence-electron chi connectivity index (χ3n) is 3.13. The molecule has 0 aromatic heterocycles. The first kappa shape index (κ1) is 17.8. The second kappa shape index (κ2) is 8.25. The maximum Gasteiger partial charge on any atom is 0.244 e. The van der Waals surface area contributed by atoms with E-state index in [0.29, 0.717) is 13.0 Å². The van der Waals surface area contributed by atoms with Gasteiger partial charge in [-0.1, -0.05) is 26.0 Å². The van der Waals surface area contributed by atoms with Crippen molar-refractivity contribution in [3.63, 3.8) is 0 Å². The third-order valence-corrected chi connectivity index (χ3v) is 3.88. The van der Waals surface area contributed by atoms with Gasteiger partial charge < -0.3 is 10.4 Å². The van der Waals surface area contributed by atoms with Gasteiger partial charge in [0, 0.05) is 17.5 Å². The van der Waals surface area contributed by atoms with Crippen LogP contribution >= 0.6 is 11.8 Å². The minimum Gasteiger partial charge on any atom is -0.393 e. The average molecular weight is 307 g/mol. The number of benzene rings is 1. The van der Waals surface area contributed by atoms with E-state index in [4.69, 9.17) is 0 Å². The molecule has 0 fully saturated rings. The summed E-state index contributed by atoms with van der Waals surface area (Å²) in [6.45, 7) is 6.38. The zero-order valence-corrected chi connectivity index (χ0v) is 14.0. The van der Waals surface area contributed by atoms with Gasteiger partial charge in [-0.3, -0.25) is 4.79 Å². The minimum atomic E-state index is -0.359. The molecule has 2 N–H and O–H groups in total. The predicted molar refractivity (Wildman–Crippen MR) is 90.3 cm³/mol. The van der Waals surface area contributed by atoms with Crippen molar-refractivity contribution in [1.82, 2.24) is 5.32 Å². The molecule has 0 radical (unpaired) electrons. The molecule has 0 saturated carbocycles. The molecule has 0 heterocycles. The molecule has 1 unspecified atom stereocenters. The lowest BCUT2D eigenvalue weighted by Gasteiger charge is -2.26. The van der Waals surface area contributed by atoms with Crippen LogP contribution in [0.1, 0.15) is 32.8 Å². The van der Waals surface area contributed by atoms with E-state index in [1.165, 1.54) is 4.90 Å². The summed E-state index contributed by atoms with van der Waals surface area (Å²) in [7, 11) is 0. The standard InChI is InChI=1S/C17H25NO2S/c1-13(19)11-17(2,3)12-18-16(20)10-7-14-5-8-15(21-4)9-6-14/h5-10,13,19H,11-12H2,1-4H3,(H,18,20)/b10-7+. The van der Waals surface area contributed by atoms with Gasteiger partial charge in [-0.15, -0.1) is 11.8 Å². The molecule has 0 aliphatic carbocycles. The fourth-order valence-electron chi connectivity index (χ4n) is 2.14. The molecule has 4 heteroatoms. The van der Waals surface area contributed by atoms with Gasteiger partial charge in [0.1, 0.15) is 0 Å². The first-order valence-corrected chi connectivity index (χ1v) is 8.33. The Morgan fingerprint density at radius 2 is 2.00 bits per heavy atom. The van der Waals surface area contributed by atoms with E-state index in [2.05, 4.69) is 5.32 Å². The largest absolute Gasteiger partial charge is 0.393 e. The van der Waals surface area contributed by atoms with Crippen LogP contribution in [0.5, 0.6) is 0 Å². The van der Waals surface area contributed by atoms with Crippen LogP contribution in [-0.2, 0) is 4.79 Å².